The van der Waals surface area contributed by atoms with Crippen molar-refractivity contribution >= 4 is 50.7 Å². The molecule has 2 heterocycles. The lowest BCUT2D eigenvalue weighted by Crippen LogP contribution is -2.50. The van der Waals surface area contributed by atoms with Gasteiger partial charge in [0.15, 0.2) is 5.11 Å². The first-order chi connectivity index (χ1) is 12.8. The fourth-order valence-corrected chi connectivity index (χ4v) is 3.92. The van der Waals surface area contributed by atoms with Crippen molar-refractivity contribution in [2.45, 2.75) is 4.90 Å². The van der Waals surface area contributed by atoms with Gasteiger partial charge in [-0.15, -0.1) is 0 Å². The van der Waals surface area contributed by atoms with Crippen molar-refractivity contribution in [3.05, 3.63) is 47.6 Å². The Morgan fingerprint density at radius 1 is 1.00 bits per heavy atom. The van der Waals surface area contributed by atoms with Gasteiger partial charge in [-0.05, 0) is 48.6 Å². The second kappa shape index (κ2) is 6.60. The first-order valence-electron chi connectivity index (χ1n) is 8.09. The highest BCUT2D eigenvalue weighted by Gasteiger charge is 2.65. The van der Waals surface area contributed by atoms with Gasteiger partial charge in [-0.3, -0.25) is 0 Å². The molecule has 1 aliphatic heterocycles. The topological polar surface area (TPSA) is 31.4 Å². The maximum absolute atomic E-state index is 12.8. The average molecular weight is 459 g/mol. The molecule has 0 aliphatic carbocycles. The number of pyridine rings is 1. The van der Waals surface area contributed by atoms with Crippen LogP contribution >= 0.6 is 34.0 Å². The lowest BCUT2D eigenvalue weighted by atomic mass is 10.3. The van der Waals surface area contributed by atoms with Crippen molar-refractivity contribution in [1.82, 2.24) is 9.88 Å². The van der Waals surface area contributed by atoms with E-state index in [0.717, 1.165) is 12.1 Å². The Hall–Kier alpha value is -1.85. The van der Waals surface area contributed by atoms with Crippen LogP contribution in [0.15, 0.2) is 47.5 Å². The summed E-state index contributed by atoms with van der Waals surface area (Å²) in [5.41, 5.74) is 0.200. The summed E-state index contributed by atoms with van der Waals surface area (Å²) in [4.78, 5) is 6.16. The van der Waals surface area contributed by atoms with Crippen molar-refractivity contribution < 1.29 is 19.4 Å². The Bertz CT molecular complexity index is 885. The van der Waals surface area contributed by atoms with Crippen LogP contribution in [-0.4, -0.2) is 41.2 Å². The van der Waals surface area contributed by atoms with E-state index in [1.807, 2.05) is 9.80 Å². The molecule has 2 aromatic rings. The normalized spacial score (nSPS) is 17.6. The number of hydrogen-bond acceptors (Lipinski definition) is 3. The van der Waals surface area contributed by atoms with Crippen LogP contribution in [0.25, 0.3) is 0 Å². The molecular weight excluding hydrogens is 443 g/mol. The minimum absolute atomic E-state index is 0.200. The fraction of sp³-hybridized carbons (Fsp3) is 0.250. The van der Waals surface area contributed by atoms with Crippen LogP contribution in [0, 0.1) is 0 Å². The predicted octanol–water partition coefficient (Wildman–Crippen LogP) is 5.91. The Kier molecular flexibility index (Phi) is 4.92. The summed E-state index contributed by atoms with van der Waals surface area (Å²) < 4.78 is 63.8. The van der Waals surface area contributed by atoms with E-state index in [1.165, 1.54) is 0 Å². The lowest BCUT2D eigenvalue weighted by molar-refractivity contribution is 0.364. The second-order valence-electron chi connectivity index (χ2n) is 6.21. The van der Waals surface area contributed by atoms with E-state index in [9.17, 15) is 19.4 Å². The quantitative estimate of drug-likeness (QED) is 0.456. The molecule has 12 heteroatoms. The van der Waals surface area contributed by atoms with E-state index in [-0.39, 0.29) is 5.69 Å². The number of nitrogens with one attached hydrogen (secondary N) is 1. The molecule has 0 atom stereocenters. The summed E-state index contributed by atoms with van der Waals surface area (Å²) in [6, 6.07) is 6.06. The minimum atomic E-state index is -9.67. The van der Waals surface area contributed by atoms with Crippen molar-refractivity contribution in [3.63, 3.8) is 0 Å². The monoisotopic (exact) mass is 458 g/mol. The summed E-state index contributed by atoms with van der Waals surface area (Å²) >= 11 is 11.4. The third kappa shape index (κ3) is 4.95. The number of hydrogen-bond donors (Lipinski definition) is 1. The molecule has 3 rings (SSSR count). The number of halogens is 6. The van der Waals surface area contributed by atoms with Gasteiger partial charge in [0.05, 0.1) is 5.02 Å². The third-order valence-corrected chi connectivity index (χ3v) is 5.97. The number of thiocarbonyl (C=S) groups is 1. The van der Waals surface area contributed by atoms with Crippen LogP contribution in [0.3, 0.4) is 0 Å². The molecule has 0 saturated carbocycles. The molecule has 0 spiro atoms. The molecular formula is C16H16ClF5N4S2. The molecule has 154 valence electrons. The van der Waals surface area contributed by atoms with E-state index in [1.54, 1.807) is 18.3 Å². The fourth-order valence-electron chi connectivity index (χ4n) is 2.73. The molecule has 1 saturated heterocycles. The maximum Gasteiger partial charge on any atom is 0.310 e. The van der Waals surface area contributed by atoms with Gasteiger partial charge >= 0.3 is 10.2 Å². The van der Waals surface area contributed by atoms with Crippen molar-refractivity contribution in [2.75, 3.05) is 36.4 Å². The Morgan fingerprint density at radius 2 is 1.61 bits per heavy atom. The number of anilines is 2. The third-order valence-electron chi connectivity index (χ3n) is 4.16. The van der Waals surface area contributed by atoms with Gasteiger partial charge in [-0.2, -0.15) is 0 Å². The van der Waals surface area contributed by atoms with Crippen LogP contribution in [0.1, 0.15) is 0 Å². The molecule has 4 nitrogen and oxygen atoms in total. The first kappa shape index (κ1) is 20.9. The summed E-state index contributed by atoms with van der Waals surface area (Å²) in [5, 5.41) is 3.62. The molecule has 0 radical (unpaired) electrons. The molecule has 0 amide bonds. The van der Waals surface area contributed by atoms with E-state index >= 15 is 0 Å². The van der Waals surface area contributed by atoms with Crippen molar-refractivity contribution in [2.24, 2.45) is 0 Å². The molecule has 1 aliphatic rings. The van der Waals surface area contributed by atoms with E-state index in [0.29, 0.717) is 54.3 Å². The highest BCUT2D eigenvalue weighted by atomic mass is 35.5. The molecule has 1 aromatic heterocycles. The predicted molar refractivity (Wildman–Crippen MR) is 107 cm³/mol. The van der Waals surface area contributed by atoms with Gasteiger partial charge in [0, 0.05) is 38.1 Å². The van der Waals surface area contributed by atoms with Crippen LogP contribution in [0.2, 0.25) is 5.02 Å². The highest BCUT2D eigenvalue weighted by Crippen LogP contribution is 3.02. The minimum Gasteiger partial charge on any atom is -0.352 e. The van der Waals surface area contributed by atoms with Gasteiger partial charge in [-0.25, -0.2) is 4.98 Å². The second-order valence-corrected chi connectivity index (χ2v) is 9.41. The number of benzene rings is 1. The maximum atomic E-state index is 12.8. The molecule has 0 unspecified atom stereocenters. The van der Waals surface area contributed by atoms with Gasteiger partial charge < -0.3 is 15.1 Å². The summed E-state index contributed by atoms with van der Waals surface area (Å²) in [6.07, 6.45) is 1.65. The number of aromatic nitrogens is 1. The number of rotatable bonds is 3. The van der Waals surface area contributed by atoms with Gasteiger partial charge in [0.25, 0.3) is 0 Å². The largest absolute Gasteiger partial charge is 0.352 e. The smallest absolute Gasteiger partial charge is 0.310 e. The van der Waals surface area contributed by atoms with Gasteiger partial charge in [0.1, 0.15) is 10.7 Å². The van der Waals surface area contributed by atoms with Crippen LogP contribution < -0.4 is 10.2 Å². The Labute approximate surface area is 169 Å². The Morgan fingerprint density at radius 3 is 2.14 bits per heavy atom. The zero-order valence-corrected chi connectivity index (χ0v) is 16.7. The van der Waals surface area contributed by atoms with Crippen LogP contribution in [0.4, 0.5) is 30.9 Å². The number of nitrogens with zero attached hydrogens (tertiary/aromatic N) is 3. The standard InChI is InChI=1S/C16H16ClF5N4S2/c17-14-2-1-7-23-15(14)25-8-10-26(11-9-25)16(27)24-12-3-5-13(6-4-12)28(18,19,20,21)22/h1-7H,8-11H2,(H,24,27). The van der Waals surface area contributed by atoms with Crippen molar-refractivity contribution in [3.8, 4) is 0 Å². The molecule has 28 heavy (non-hydrogen) atoms. The van der Waals surface area contributed by atoms with Crippen LogP contribution in [-0.2, 0) is 0 Å². The summed E-state index contributed by atoms with van der Waals surface area (Å²) in [5.74, 6) is 0.675. The zero-order valence-electron chi connectivity index (χ0n) is 14.3. The van der Waals surface area contributed by atoms with Gasteiger partial charge in [0.2, 0.25) is 0 Å². The highest BCUT2D eigenvalue weighted by molar-refractivity contribution is 8.45. The van der Waals surface area contributed by atoms with E-state index in [4.69, 9.17) is 23.8 Å². The van der Waals surface area contributed by atoms with E-state index < -0.39 is 15.1 Å². The van der Waals surface area contributed by atoms with Crippen molar-refractivity contribution in [1.29, 1.82) is 0 Å². The van der Waals surface area contributed by atoms with Gasteiger partial charge in [-0.1, -0.05) is 31.0 Å². The Balaban J connectivity index is 1.60. The number of piperazine rings is 1. The SMILES string of the molecule is FS(F)(F)(F)(F)c1ccc(NC(=S)N2CCN(c3ncccc3Cl)CC2)cc1. The lowest BCUT2D eigenvalue weighted by Gasteiger charge is -2.40. The zero-order chi connectivity index (χ0) is 20.6. The molecule has 1 fully saturated rings. The summed E-state index contributed by atoms with van der Waals surface area (Å²) in [6.45, 7) is 2.29. The average Bonchev–Trinajstić information content (AvgIpc) is 2.61. The summed E-state index contributed by atoms with van der Waals surface area (Å²) in [7, 11) is -9.67. The molecule has 0 bridgehead atoms. The van der Waals surface area contributed by atoms with E-state index in [2.05, 4.69) is 10.3 Å². The first-order valence-corrected chi connectivity index (χ1v) is 10.8. The molecule has 1 aromatic carbocycles. The molecule has 1 N–H and O–H groups in total. The van der Waals surface area contributed by atoms with Crippen LogP contribution in [0.5, 0.6) is 0 Å².